The van der Waals surface area contributed by atoms with E-state index < -0.39 is 29.7 Å². The van der Waals surface area contributed by atoms with Crippen molar-refractivity contribution in [3.8, 4) is 0 Å². The zero-order valence-electron chi connectivity index (χ0n) is 12.7. The van der Waals surface area contributed by atoms with Gasteiger partial charge in [0.05, 0.1) is 18.1 Å². The quantitative estimate of drug-likeness (QED) is 0.768. The summed E-state index contributed by atoms with van der Waals surface area (Å²) in [5, 5.41) is 15.1. The minimum absolute atomic E-state index is 0.0739. The number of aliphatic hydroxyl groups excluding tert-OH is 1. The highest BCUT2D eigenvalue weighted by Gasteiger charge is 2.69. The van der Waals surface area contributed by atoms with E-state index in [-0.39, 0.29) is 31.8 Å². The van der Waals surface area contributed by atoms with Gasteiger partial charge in [0.2, 0.25) is 0 Å². The number of fused-ring (bicyclic) bond motifs is 1. The van der Waals surface area contributed by atoms with Crippen LogP contribution in [0.15, 0.2) is 24.3 Å². The van der Waals surface area contributed by atoms with Crippen molar-refractivity contribution < 1.29 is 23.1 Å². The van der Waals surface area contributed by atoms with Crippen LogP contribution in [0.2, 0.25) is 5.02 Å². The smallest absolute Gasteiger partial charge is 0.394 e. The van der Waals surface area contributed by atoms with Crippen molar-refractivity contribution in [1.29, 1.82) is 0 Å². The third-order valence-corrected chi connectivity index (χ3v) is 5.38. The molecule has 0 aliphatic heterocycles. The number of nitrogens with one attached hydrogen (secondary N) is 2. The number of urea groups is 1. The number of carbonyl (C=O) groups excluding carboxylic acids is 1. The van der Waals surface area contributed by atoms with Gasteiger partial charge in [-0.2, -0.15) is 13.2 Å². The molecule has 0 heterocycles. The number of benzene rings is 1. The molecule has 4 nitrogen and oxygen atoms in total. The van der Waals surface area contributed by atoms with Crippen molar-refractivity contribution in [2.45, 2.75) is 37.5 Å². The molecule has 132 valence electrons. The van der Waals surface area contributed by atoms with E-state index in [9.17, 15) is 23.1 Å². The molecule has 2 amide bonds. The Labute approximate surface area is 142 Å². The number of hydrogen-bond acceptors (Lipinski definition) is 2. The summed E-state index contributed by atoms with van der Waals surface area (Å²) in [6.45, 7) is -0.339. The summed E-state index contributed by atoms with van der Waals surface area (Å²) in [6.07, 6.45) is -4.13. The zero-order valence-corrected chi connectivity index (χ0v) is 13.5. The monoisotopic (exact) mass is 362 g/mol. The van der Waals surface area contributed by atoms with E-state index in [1.54, 1.807) is 24.3 Å². The highest BCUT2D eigenvalue weighted by atomic mass is 35.5. The van der Waals surface area contributed by atoms with Crippen LogP contribution < -0.4 is 10.6 Å². The fraction of sp³-hybridized carbons (Fsp3) is 0.562. The van der Waals surface area contributed by atoms with Crippen LogP contribution in [0.25, 0.3) is 0 Å². The molecule has 1 unspecified atom stereocenters. The van der Waals surface area contributed by atoms with Gasteiger partial charge in [-0.3, -0.25) is 0 Å². The van der Waals surface area contributed by atoms with Crippen molar-refractivity contribution in [2.24, 2.45) is 11.3 Å². The lowest BCUT2D eigenvalue weighted by atomic mass is 9.69. The molecule has 1 aromatic rings. The van der Waals surface area contributed by atoms with Crippen molar-refractivity contribution in [3.63, 3.8) is 0 Å². The van der Waals surface area contributed by atoms with Gasteiger partial charge in [0, 0.05) is 11.1 Å². The number of carbonyl (C=O) groups is 1. The van der Waals surface area contributed by atoms with Crippen LogP contribution in [0, 0.1) is 11.3 Å². The maximum Gasteiger partial charge on any atom is 0.394 e. The normalized spacial score (nSPS) is 29.7. The molecule has 3 aliphatic carbocycles. The SMILES string of the molecule is O=C(NC1CC2(C(F)(F)F)CC1C2)N[C@@H](CO)c1cccc(Cl)c1. The van der Waals surface area contributed by atoms with Crippen LogP contribution in [0.4, 0.5) is 18.0 Å². The Morgan fingerprint density at radius 3 is 2.62 bits per heavy atom. The van der Waals surface area contributed by atoms with Crippen molar-refractivity contribution in [3.05, 3.63) is 34.9 Å². The molecule has 4 rings (SSSR count). The molecule has 24 heavy (non-hydrogen) atoms. The Morgan fingerprint density at radius 2 is 2.08 bits per heavy atom. The van der Waals surface area contributed by atoms with E-state index >= 15 is 0 Å². The number of rotatable bonds is 4. The van der Waals surface area contributed by atoms with Crippen molar-refractivity contribution >= 4 is 17.6 Å². The first kappa shape index (κ1) is 17.4. The summed E-state index contributed by atoms with van der Waals surface area (Å²) in [7, 11) is 0. The second-order valence-corrected chi connectivity index (χ2v) is 7.10. The second-order valence-electron chi connectivity index (χ2n) is 6.66. The lowest BCUT2D eigenvalue weighted by Crippen LogP contribution is -2.45. The van der Waals surface area contributed by atoms with Gasteiger partial charge < -0.3 is 15.7 Å². The molecular formula is C16H18ClF3N2O2. The molecule has 2 bridgehead atoms. The van der Waals surface area contributed by atoms with Gasteiger partial charge in [-0.1, -0.05) is 23.7 Å². The van der Waals surface area contributed by atoms with Gasteiger partial charge in [-0.15, -0.1) is 0 Å². The Hall–Kier alpha value is -1.47. The molecule has 3 N–H and O–H groups in total. The molecule has 0 aromatic heterocycles. The molecule has 8 heteroatoms. The maximum atomic E-state index is 13.0. The molecule has 3 aliphatic rings. The standard InChI is InChI=1S/C16H18ClF3N2O2/c17-11-3-1-2-9(4-11)13(8-23)22-14(24)21-12-7-15(16(18,19)20)5-10(12)6-15/h1-4,10,12-13,23H,5-8H2,(H2,21,22,24)/t10?,12?,13-,15?/m0/s1. The van der Waals surface area contributed by atoms with Crippen LogP contribution in [0.1, 0.15) is 30.9 Å². The van der Waals surface area contributed by atoms with E-state index in [4.69, 9.17) is 11.6 Å². The Kier molecular flexibility index (Phi) is 4.42. The topological polar surface area (TPSA) is 61.4 Å². The number of aliphatic hydroxyl groups is 1. The highest BCUT2D eigenvalue weighted by Crippen LogP contribution is 2.65. The van der Waals surface area contributed by atoms with Crippen molar-refractivity contribution in [2.75, 3.05) is 6.61 Å². The predicted octanol–water partition coefficient (Wildman–Crippen LogP) is 3.40. The molecule has 0 saturated heterocycles. The first-order chi connectivity index (χ1) is 11.2. The predicted molar refractivity (Wildman–Crippen MR) is 82.6 cm³/mol. The molecule has 3 fully saturated rings. The number of amides is 2. The van der Waals surface area contributed by atoms with Crippen molar-refractivity contribution in [1.82, 2.24) is 10.6 Å². The highest BCUT2D eigenvalue weighted by molar-refractivity contribution is 6.30. The average molecular weight is 363 g/mol. The third kappa shape index (κ3) is 3.07. The Balaban J connectivity index is 1.58. The van der Waals surface area contributed by atoms with Gasteiger partial charge in [0.25, 0.3) is 0 Å². The van der Waals surface area contributed by atoms with Gasteiger partial charge >= 0.3 is 12.2 Å². The van der Waals surface area contributed by atoms with Crippen LogP contribution in [0.3, 0.4) is 0 Å². The van der Waals surface area contributed by atoms with E-state index in [1.807, 2.05) is 0 Å². The summed E-state index contributed by atoms with van der Waals surface area (Å²) >= 11 is 5.89. The van der Waals surface area contributed by atoms with Gasteiger partial charge in [-0.25, -0.2) is 4.79 Å². The summed E-state index contributed by atoms with van der Waals surface area (Å²) in [5.74, 6) is -0.129. The number of halogens is 4. The van der Waals surface area contributed by atoms with Crippen LogP contribution in [-0.4, -0.2) is 30.0 Å². The number of hydrogen-bond donors (Lipinski definition) is 3. The fourth-order valence-electron chi connectivity index (χ4n) is 3.82. The molecule has 3 saturated carbocycles. The molecular weight excluding hydrogens is 345 g/mol. The summed E-state index contributed by atoms with van der Waals surface area (Å²) < 4.78 is 39.1. The van der Waals surface area contributed by atoms with Gasteiger partial charge in [0.15, 0.2) is 0 Å². The lowest BCUT2D eigenvalue weighted by Gasteiger charge is -2.39. The third-order valence-electron chi connectivity index (χ3n) is 5.14. The Morgan fingerprint density at radius 1 is 1.38 bits per heavy atom. The summed E-state index contributed by atoms with van der Waals surface area (Å²) in [4.78, 5) is 12.1. The first-order valence-corrected chi connectivity index (χ1v) is 8.12. The zero-order chi connectivity index (χ0) is 17.5. The maximum absolute atomic E-state index is 13.0. The molecule has 0 radical (unpaired) electrons. The van der Waals surface area contributed by atoms with Crippen LogP contribution in [0.5, 0.6) is 0 Å². The largest absolute Gasteiger partial charge is 0.394 e. The van der Waals surface area contributed by atoms with Gasteiger partial charge in [-0.05, 0) is 42.9 Å². The van der Waals surface area contributed by atoms with E-state index in [0.717, 1.165) is 0 Å². The molecule has 0 spiro atoms. The fourth-order valence-corrected chi connectivity index (χ4v) is 4.02. The van der Waals surface area contributed by atoms with E-state index in [2.05, 4.69) is 10.6 Å². The minimum Gasteiger partial charge on any atom is -0.394 e. The number of alkyl halides is 3. The van der Waals surface area contributed by atoms with Gasteiger partial charge in [0.1, 0.15) is 0 Å². The summed E-state index contributed by atoms with van der Waals surface area (Å²) in [5.41, 5.74) is -0.999. The Bertz CT molecular complexity index is 632. The van der Waals surface area contributed by atoms with E-state index in [1.165, 1.54) is 0 Å². The lowest BCUT2D eigenvalue weighted by molar-refractivity contribution is -0.244. The average Bonchev–Trinajstić information content (AvgIpc) is 2.99. The van der Waals surface area contributed by atoms with Crippen LogP contribution in [-0.2, 0) is 0 Å². The first-order valence-electron chi connectivity index (χ1n) is 7.74. The van der Waals surface area contributed by atoms with Crippen LogP contribution >= 0.6 is 11.6 Å². The minimum atomic E-state index is -4.22. The summed E-state index contributed by atoms with van der Waals surface area (Å²) in [6, 6.07) is 4.96. The molecule has 1 aromatic carbocycles. The molecule has 2 atom stereocenters. The second kappa shape index (κ2) is 6.11. The van der Waals surface area contributed by atoms with E-state index in [0.29, 0.717) is 10.6 Å².